The zero-order chi connectivity index (χ0) is 24.8. The Labute approximate surface area is 204 Å². The summed E-state index contributed by atoms with van der Waals surface area (Å²) in [6, 6.07) is -1.04. The zero-order valence-electron chi connectivity index (χ0n) is 17.4. The molecule has 1 aromatic heterocycles. The lowest BCUT2D eigenvalue weighted by Crippen LogP contribution is -2.71. The molecule has 1 fully saturated rings. The predicted octanol–water partition coefficient (Wildman–Crippen LogP) is 0.532. The number of carboxylic acid groups (broad SMARTS) is 1. The number of hydrogen-bond acceptors (Lipinski definition) is 12. The van der Waals surface area contributed by atoms with Crippen molar-refractivity contribution in [1.82, 2.24) is 15.2 Å². The van der Waals surface area contributed by atoms with Crippen LogP contribution in [0.1, 0.15) is 5.69 Å². The molecule has 2 atom stereocenters. The normalized spacial score (nSPS) is 20.1. The second-order valence-electron chi connectivity index (χ2n) is 6.41. The fourth-order valence-electron chi connectivity index (χ4n) is 2.88. The van der Waals surface area contributed by atoms with Crippen molar-refractivity contribution in [3.63, 3.8) is 0 Å². The van der Waals surface area contributed by atoms with E-state index in [1.54, 1.807) is 0 Å². The van der Waals surface area contributed by atoms with Crippen LogP contribution in [0.15, 0.2) is 32.6 Å². The number of carbonyl (C=O) groups excluding carboxylic acids is 3. The van der Waals surface area contributed by atoms with Gasteiger partial charge < -0.3 is 25.7 Å². The summed E-state index contributed by atoms with van der Waals surface area (Å²) in [5.74, 6) is -3.16. The van der Waals surface area contributed by atoms with Crippen molar-refractivity contribution in [2.24, 2.45) is 5.16 Å². The van der Waals surface area contributed by atoms with Crippen molar-refractivity contribution < 1.29 is 38.2 Å². The number of halogens is 1. The molecule has 0 spiro atoms. The number of nitrogens with one attached hydrogen (secondary N) is 1. The van der Waals surface area contributed by atoms with E-state index < -0.39 is 41.8 Å². The average Bonchev–Trinajstić information content (AvgIpc) is 3.25. The second-order valence-corrected chi connectivity index (χ2v) is 9.41. The van der Waals surface area contributed by atoms with Gasteiger partial charge in [0.1, 0.15) is 36.1 Å². The molecule has 0 bridgehead atoms. The zero-order valence-corrected chi connectivity index (χ0v) is 19.9. The Bertz CT molecular complexity index is 1090. The lowest BCUT2D eigenvalue weighted by Gasteiger charge is -2.49. The number of oxime groups is 1. The van der Waals surface area contributed by atoms with E-state index in [0.29, 0.717) is 4.91 Å². The molecule has 0 radical (unpaired) electrons. The van der Waals surface area contributed by atoms with Gasteiger partial charge in [0.2, 0.25) is 0 Å². The van der Waals surface area contributed by atoms with Gasteiger partial charge in [-0.05, 0) is 5.41 Å². The van der Waals surface area contributed by atoms with E-state index in [1.165, 1.54) is 29.7 Å². The molecule has 12 nitrogen and oxygen atoms in total. The fraction of sp³-hybridized carbons (Fsp3) is 0.333. The van der Waals surface area contributed by atoms with Crippen molar-refractivity contribution in [2.75, 3.05) is 31.9 Å². The minimum absolute atomic E-state index is 0.0842. The molecule has 3 rings (SSSR count). The van der Waals surface area contributed by atoms with Crippen LogP contribution in [0.5, 0.6) is 0 Å². The Hall–Kier alpha value is -3.11. The maximum Gasteiger partial charge on any atom is 0.353 e. The van der Waals surface area contributed by atoms with Crippen LogP contribution in [0.4, 0.5) is 9.52 Å². The molecular formula is C18H18FN5O7S3. The summed E-state index contributed by atoms with van der Waals surface area (Å²) in [6.45, 7) is -1.21. The van der Waals surface area contributed by atoms with Gasteiger partial charge in [-0.3, -0.25) is 14.5 Å². The topological polar surface area (TPSA) is 174 Å². The quantitative estimate of drug-likeness (QED) is 0.0959. The molecule has 0 saturated carbocycles. The van der Waals surface area contributed by atoms with Crippen LogP contribution in [0, 0.1) is 0 Å². The summed E-state index contributed by atoms with van der Waals surface area (Å²) in [5, 5.41) is 18.1. The highest BCUT2D eigenvalue weighted by Gasteiger charge is 2.54. The Balaban J connectivity index is 1.76. The number of alkyl halides is 1. The third-order valence-electron chi connectivity index (χ3n) is 4.34. The average molecular weight is 532 g/mol. The van der Waals surface area contributed by atoms with Gasteiger partial charge in [-0.15, -0.1) is 23.1 Å². The summed E-state index contributed by atoms with van der Waals surface area (Å²) in [4.78, 5) is 58.9. The van der Waals surface area contributed by atoms with Gasteiger partial charge in [0.05, 0.1) is 7.11 Å². The van der Waals surface area contributed by atoms with E-state index in [-0.39, 0.29) is 34.6 Å². The number of nitrogen functional groups attached to an aromatic ring is 1. The molecule has 1 saturated heterocycles. The number of carbonyl (C=O) groups is 4. The van der Waals surface area contributed by atoms with Crippen molar-refractivity contribution in [3.05, 3.63) is 33.2 Å². The van der Waals surface area contributed by atoms with Gasteiger partial charge in [-0.1, -0.05) is 16.9 Å². The van der Waals surface area contributed by atoms with Crippen LogP contribution < -0.4 is 11.1 Å². The lowest BCUT2D eigenvalue weighted by atomic mass is 10.0. The maximum atomic E-state index is 12.8. The number of β-lactam (4-membered cyclic amide) rings is 1. The van der Waals surface area contributed by atoms with Crippen LogP contribution in [0.3, 0.4) is 0 Å². The van der Waals surface area contributed by atoms with Gasteiger partial charge in [0.15, 0.2) is 10.8 Å². The van der Waals surface area contributed by atoms with Crippen molar-refractivity contribution in [3.8, 4) is 0 Å². The summed E-state index contributed by atoms with van der Waals surface area (Å²) in [6.07, 6.45) is 1.13. The highest BCUT2D eigenvalue weighted by Crippen LogP contribution is 2.43. The first-order valence-electron chi connectivity index (χ1n) is 9.38. The number of carboxylic acids is 1. The molecule has 2 aliphatic rings. The first-order chi connectivity index (χ1) is 16.3. The molecule has 3 heterocycles. The highest BCUT2D eigenvalue weighted by atomic mass is 32.2. The number of esters is 1. The molecule has 0 aliphatic carbocycles. The number of amides is 2. The van der Waals surface area contributed by atoms with Crippen LogP contribution in [-0.2, 0) is 28.8 Å². The number of nitrogens with two attached hydrogens (primary N) is 1. The summed E-state index contributed by atoms with van der Waals surface area (Å²) >= 11 is 3.27. The second kappa shape index (κ2) is 11.3. The van der Waals surface area contributed by atoms with Gasteiger partial charge >= 0.3 is 11.9 Å². The van der Waals surface area contributed by atoms with Crippen molar-refractivity contribution in [1.29, 1.82) is 0 Å². The van der Waals surface area contributed by atoms with E-state index in [2.05, 4.69) is 20.2 Å². The molecule has 1 aromatic rings. The molecule has 0 aromatic carbocycles. The molecule has 4 N–H and O–H groups in total. The minimum atomic E-state index is -1.32. The number of ether oxygens (including phenoxy) is 1. The highest BCUT2D eigenvalue weighted by molar-refractivity contribution is 8.08. The SMILES string of the molecule is COC(=O)/C=C\SC1=C(C(=O)O)N2C(=O)[C@@H](NC(=O)/C(=N/OCCF)c3csc(N)n3)[C@H]2SC1. The number of nitrogens with zero attached hydrogens (tertiary/aromatic N) is 3. The van der Waals surface area contributed by atoms with E-state index in [1.807, 2.05) is 0 Å². The first-order valence-corrected chi connectivity index (χ1v) is 12.2. The summed E-state index contributed by atoms with van der Waals surface area (Å²) < 4.78 is 16.9. The minimum Gasteiger partial charge on any atom is -0.477 e. The number of hydrogen-bond donors (Lipinski definition) is 3. The number of methoxy groups -OCH3 is 1. The Morgan fingerprint density at radius 1 is 1.50 bits per heavy atom. The summed E-state index contributed by atoms with van der Waals surface area (Å²) in [5.41, 5.74) is 5.15. The third-order valence-corrected chi connectivity index (χ3v) is 7.37. The number of rotatable bonds is 10. The van der Waals surface area contributed by atoms with E-state index in [9.17, 15) is 28.7 Å². The van der Waals surface area contributed by atoms with Crippen molar-refractivity contribution in [2.45, 2.75) is 11.4 Å². The Morgan fingerprint density at radius 2 is 2.26 bits per heavy atom. The molecule has 16 heteroatoms. The van der Waals surface area contributed by atoms with Gasteiger partial charge in [0, 0.05) is 22.1 Å². The van der Waals surface area contributed by atoms with Gasteiger partial charge in [-0.25, -0.2) is 19.0 Å². The van der Waals surface area contributed by atoms with E-state index in [4.69, 9.17) is 10.6 Å². The smallest absolute Gasteiger partial charge is 0.353 e. The number of thioether (sulfide) groups is 2. The number of anilines is 1. The summed E-state index contributed by atoms with van der Waals surface area (Å²) in [7, 11) is 1.21. The molecule has 0 unspecified atom stereocenters. The fourth-order valence-corrected chi connectivity index (χ4v) is 5.74. The largest absolute Gasteiger partial charge is 0.477 e. The number of aromatic nitrogens is 1. The third kappa shape index (κ3) is 5.51. The maximum absolute atomic E-state index is 12.8. The number of thiazole rings is 1. The van der Waals surface area contributed by atoms with E-state index in [0.717, 1.165) is 34.1 Å². The van der Waals surface area contributed by atoms with Crippen molar-refractivity contribution >= 4 is 69.5 Å². The first kappa shape index (κ1) is 25.5. The van der Waals surface area contributed by atoms with Crippen LogP contribution in [0.25, 0.3) is 0 Å². The Kier molecular flexibility index (Phi) is 8.51. The van der Waals surface area contributed by atoms with Crippen LogP contribution in [-0.4, -0.2) is 82.0 Å². The standard InChI is InChI=1S/C18H18FN5O7S3/c1-30-10(25)2-5-32-9-7-33-16-12(15(27)24(16)13(9)17(28)29)22-14(26)11(23-31-4-3-19)8-6-34-18(20)21-8/h2,5-6,12,16H,3-4,7H2,1H3,(H2,20,21)(H,22,26)(H,28,29)/b5-2-,23-11+/t12-,16-/m1/s1. The molecule has 2 amide bonds. The molecule has 2 aliphatic heterocycles. The van der Waals surface area contributed by atoms with E-state index >= 15 is 0 Å². The lowest BCUT2D eigenvalue weighted by molar-refractivity contribution is -0.150. The molecule has 182 valence electrons. The molecular weight excluding hydrogens is 513 g/mol. The van der Waals surface area contributed by atoms with Crippen LogP contribution in [0.2, 0.25) is 0 Å². The number of aliphatic carboxylic acids is 1. The van der Waals surface area contributed by atoms with Crippen LogP contribution >= 0.6 is 34.9 Å². The Morgan fingerprint density at radius 3 is 2.88 bits per heavy atom. The van der Waals surface area contributed by atoms with Gasteiger partial charge in [-0.2, -0.15) is 0 Å². The van der Waals surface area contributed by atoms with Gasteiger partial charge in [0.25, 0.3) is 11.8 Å². The number of fused-ring (bicyclic) bond motifs is 1. The predicted molar refractivity (Wildman–Crippen MR) is 123 cm³/mol. The molecule has 34 heavy (non-hydrogen) atoms. The monoisotopic (exact) mass is 531 g/mol.